The summed E-state index contributed by atoms with van der Waals surface area (Å²) < 4.78 is 5.47. The normalized spacial score (nSPS) is 26.4. The van der Waals surface area contributed by atoms with Gasteiger partial charge >= 0.3 is 0 Å². The zero-order valence-corrected chi connectivity index (χ0v) is 14.0. The molecule has 21 heavy (non-hydrogen) atoms. The molecule has 1 aliphatic carbocycles. The van der Waals surface area contributed by atoms with Gasteiger partial charge in [-0.3, -0.25) is 4.90 Å². The lowest BCUT2D eigenvalue weighted by Crippen LogP contribution is -2.45. The molecule has 0 amide bonds. The number of hydrogen-bond acceptors (Lipinski definition) is 3. The van der Waals surface area contributed by atoms with E-state index < -0.39 is 0 Å². The number of furan rings is 1. The molecule has 0 aliphatic heterocycles. The molecule has 1 heterocycles. The lowest BCUT2D eigenvalue weighted by atomic mass is 9.76. The molecule has 0 aromatic carbocycles. The molecule has 0 radical (unpaired) electrons. The summed E-state index contributed by atoms with van der Waals surface area (Å²) in [5, 5.41) is 3.71. The van der Waals surface area contributed by atoms with Crippen LogP contribution in [-0.4, -0.2) is 31.1 Å². The molecule has 1 fully saturated rings. The highest BCUT2D eigenvalue weighted by Gasteiger charge is 2.30. The molecule has 2 rings (SSSR count). The van der Waals surface area contributed by atoms with E-state index in [0.717, 1.165) is 30.7 Å². The maximum absolute atomic E-state index is 5.47. The Morgan fingerprint density at radius 1 is 1.33 bits per heavy atom. The first-order chi connectivity index (χ1) is 10.2. The molecule has 1 aromatic heterocycles. The van der Waals surface area contributed by atoms with Gasteiger partial charge in [-0.15, -0.1) is 0 Å². The zero-order valence-electron chi connectivity index (χ0n) is 14.0. The molecule has 1 aromatic rings. The molecule has 3 unspecified atom stereocenters. The Balaban J connectivity index is 1.88. The number of hydrogen-bond donors (Lipinski definition) is 1. The van der Waals surface area contributed by atoms with Crippen LogP contribution >= 0.6 is 0 Å². The molecule has 120 valence electrons. The van der Waals surface area contributed by atoms with E-state index in [1.165, 1.54) is 38.6 Å². The van der Waals surface area contributed by atoms with E-state index in [0.29, 0.717) is 6.04 Å². The molecular weight excluding hydrogens is 260 g/mol. The van der Waals surface area contributed by atoms with Crippen molar-refractivity contribution in [1.29, 1.82) is 0 Å². The molecular formula is C18H32N2O. The summed E-state index contributed by atoms with van der Waals surface area (Å²) in [5.74, 6) is 2.78. The van der Waals surface area contributed by atoms with Crippen molar-refractivity contribution >= 4 is 0 Å². The summed E-state index contributed by atoms with van der Waals surface area (Å²) in [5.41, 5.74) is 0. The largest absolute Gasteiger partial charge is 0.468 e. The molecule has 3 nitrogen and oxygen atoms in total. The van der Waals surface area contributed by atoms with Crippen molar-refractivity contribution in [3.05, 3.63) is 24.2 Å². The van der Waals surface area contributed by atoms with Crippen molar-refractivity contribution in [1.82, 2.24) is 10.2 Å². The highest BCUT2D eigenvalue weighted by Crippen LogP contribution is 2.32. The van der Waals surface area contributed by atoms with E-state index >= 15 is 0 Å². The van der Waals surface area contributed by atoms with E-state index in [1.807, 2.05) is 6.07 Å². The average molecular weight is 292 g/mol. The predicted molar refractivity (Wildman–Crippen MR) is 88.2 cm³/mol. The number of rotatable bonds is 8. The molecule has 3 atom stereocenters. The van der Waals surface area contributed by atoms with Crippen LogP contribution in [0.1, 0.15) is 51.7 Å². The second-order valence-corrected chi connectivity index (χ2v) is 6.67. The van der Waals surface area contributed by atoms with Crippen molar-refractivity contribution < 1.29 is 4.42 Å². The molecule has 0 spiro atoms. The van der Waals surface area contributed by atoms with E-state index in [1.54, 1.807) is 6.26 Å². The van der Waals surface area contributed by atoms with Crippen LogP contribution in [0, 0.1) is 11.8 Å². The van der Waals surface area contributed by atoms with Crippen LogP contribution in [0.2, 0.25) is 0 Å². The van der Waals surface area contributed by atoms with Gasteiger partial charge in [0.1, 0.15) is 5.76 Å². The SMILES string of the molecule is CCCC1CCC(NCC)C(CN(C)Cc2ccco2)C1. The first kappa shape index (κ1) is 16.6. The van der Waals surface area contributed by atoms with E-state index in [9.17, 15) is 0 Å². The minimum atomic E-state index is 0.696. The van der Waals surface area contributed by atoms with Gasteiger partial charge in [-0.1, -0.05) is 26.7 Å². The Labute approximate surface area is 130 Å². The first-order valence-electron chi connectivity index (χ1n) is 8.67. The minimum absolute atomic E-state index is 0.696. The quantitative estimate of drug-likeness (QED) is 0.787. The maximum atomic E-state index is 5.47. The fraction of sp³-hybridized carbons (Fsp3) is 0.778. The summed E-state index contributed by atoms with van der Waals surface area (Å²) in [6.45, 7) is 7.71. The van der Waals surface area contributed by atoms with Gasteiger partial charge in [0.05, 0.1) is 12.8 Å². The minimum Gasteiger partial charge on any atom is -0.468 e. The fourth-order valence-electron chi connectivity index (χ4n) is 3.90. The fourth-order valence-corrected chi connectivity index (χ4v) is 3.90. The van der Waals surface area contributed by atoms with Crippen LogP contribution in [0.25, 0.3) is 0 Å². The van der Waals surface area contributed by atoms with E-state index in [-0.39, 0.29) is 0 Å². The van der Waals surface area contributed by atoms with Crippen LogP contribution in [-0.2, 0) is 6.54 Å². The monoisotopic (exact) mass is 292 g/mol. The Bertz CT molecular complexity index is 377. The third-order valence-electron chi connectivity index (χ3n) is 4.81. The van der Waals surface area contributed by atoms with Crippen LogP contribution in [0.3, 0.4) is 0 Å². The Hall–Kier alpha value is -0.800. The summed E-state index contributed by atoms with van der Waals surface area (Å²) in [6.07, 6.45) is 8.63. The lowest BCUT2D eigenvalue weighted by molar-refractivity contribution is 0.143. The Kier molecular flexibility index (Phi) is 6.78. The topological polar surface area (TPSA) is 28.4 Å². The van der Waals surface area contributed by atoms with E-state index in [2.05, 4.69) is 37.2 Å². The van der Waals surface area contributed by atoms with Gasteiger partial charge in [-0.05, 0) is 56.8 Å². The van der Waals surface area contributed by atoms with Crippen molar-refractivity contribution in [2.24, 2.45) is 11.8 Å². The van der Waals surface area contributed by atoms with Crippen LogP contribution in [0.15, 0.2) is 22.8 Å². The van der Waals surface area contributed by atoms with Crippen molar-refractivity contribution in [3.8, 4) is 0 Å². The molecule has 1 saturated carbocycles. The maximum Gasteiger partial charge on any atom is 0.117 e. The molecule has 0 bridgehead atoms. The van der Waals surface area contributed by atoms with E-state index in [4.69, 9.17) is 4.42 Å². The summed E-state index contributed by atoms with van der Waals surface area (Å²) in [6, 6.07) is 4.74. The molecule has 1 aliphatic rings. The van der Waals surface area contributed by atoms with Gasteiger partial charge in [0, 0.05) is 12.6 Å². The third kappa shape index (κ3) is 5.15. The predicted octanol–water partition coefficient (Wildman–Crippen LogP) is 3.91. The van der Waals surface area contributed by atoms with Crippen molar-refractivity contribution in [2.45, 2.75) is 58.5 Å². The number of nitrogens with zero attached hydrogens (tertiary/aromatic N) is 1. The summed E-state index contributed by atoms with van der Waals surface area (Å²) in [4.78, 5) is 2.42. The lowest BCUT2D eigenvalue weighted by Gasteiger charge is -2.38. The second kappa shape index (κ2) is 8.60. The third-order valence-corrected chi connectivity index (χ3v) is 4.81. The molecule has 1 N–H and O–H groups in total. The second-order valence-electron chi connectivity index (χ2n) is 6.67. The highest BCUT2D eigenvalue weighted by atomic mass is 16.3. The molecule has 3 heteroatoms. The van der Waals surface area contributed by atoms with Crippen LogP contribution in [0.4, 0.5) is 0 Å². The Morgan fingerprint density at radius 2 is 2.19 bits per heavy atom. The number of nitrogens with one attached hydrogen (secondary N) is 1. The van der Waals surface area contributed by atoms with Gasteiger partial charge in [-0.2, -0.15) is 0 Å². The van der Waals surface area contributed by atoms with Crippen molar-refractivity contribution in [3.63, 3.8) is 0 Å². The van der Waals surface area contributed by atoms with Gasteiger partial charge in [0.2, 0.25) is 0 Å². The average Bonchev–Trinajstić information content (AvgIpc) is 2.95. The highest BCUT2D eigenvalue weighted by molar-refractivity contribution is 4.98. The van der Waals surface area contributed by atoms with Gasteiger partial charge in [0.15, 0.2) is 0 Å². The summed E-state index contributed by atoms with van der Waals surface area (Å²) in [7, 11) is 2.22. The van der Waals surface area contributed by atoms with Crippen molar-refractivity contribution in [2.75, 3.05) is 20.1 Å². The smallest absolute Gasteiger partial charge is 0.117 e. The molecule has 0 saturated heterocycles. The Morgan fingerprint density at radius 3 is 2.86 bits per heavy atom. The van der Waals surface area contributed by atoms with Crippen LogP contribution in [0.5, 0.6) is 0 Å². The van der Waals surface area contributed by atoms with Gasteiger partial charge in [-0.25, -0.2) is 0 Å². The van der Waals surface area contributed by atoms with Gasteiger partial charge in [0.25, 0.3) is 0 Å². The standard InChI is InChI=1S/C18H32N2O/c1-4-7-15-9-10-18(19-5-2)16(12-15)13-20(3)14-17-8-6-11-21-17/h6,8,11,15-16,18-19H,4-5,7,9-10,12-14H2,1-3H3. The first-order valence-corrected chi connectivity index (χ1v) is 8.67. The van der Waals surface area contributed by atoms with Crippen LogP contribution < -0.4 is 5.32 Å². The zero-order chi connectivity index (χ0) is 15.1. The summed E-state index contributed by atoms with van der Waals surface area (Å²) >= 11 is 0. The van der Waals surface area contributed by atoms with Gasteiger partial charge < -0.3 is 9.73 Å².